The molecule has 0 spiro atoms. The molecule has 0 bridgehead atoms. The van der Waals surface area contributed by atoms with Gasteiger partial charge in [-0.2, -0.15) is 0 Å². The van der Waals surface area contributed by atoms with E-state index in [1.54, 1.807) is 10.6 Å². The zero-order valence-corrected chi connectivity index (χ0v) is 20.3. The molecule has 2 rings (SSSR count). The van der Waals surface area contributed by atoms with Gasteiger partial charge in [-0.15, -0.1) is 0 Å². The van der Waals surface area contributed by atoms with E-state index in [2.05, 4.69) is 28.2 Å². The van der Waals surface area contributed by atoms with Crippen molar-refractivity contribution in [2.75, 3.05) is 6.61 Å². The molecule has 1 aromatic heterocycles. The number of halogens is 1. The first-order valence-electron chi connectivity index (χ1n) is 10.5. The Balaban J connectivity index is 2.96. The number of carbonyl (C=O) groups is 1. The van der Waals surface area contributed by atoms with Crippen LogP contribution in [0.15, 0.2) is 27.5 Å². The molecule has 166 valence electrons. The zero-order valence-electron chi connectivity index (χ0n) is 18.7. The predicted molar refractivity (Wildman–Crippen MR) is 125 cm³/mol. The Labute approximate surface area is 186 Å². The number of hydrogen-bond donors (Lipinski definition) is 2. The van der Waals surface area contributed by atoms with Crippen molar-refractivity contribution in [3.8, 4) is 5.75 Å². The number of aromatic nitrogens is 1. The van der Waals surface area contributed by atoms with Crippen molar-refractivity contribution in [3.63, 3.8) is 0 Å². The van der Waals surface area contributed by atoms with Gasteiger partial charge in [-0.1, -0.05) is 63.9 Å². The van der Waals surface area contributed by atoms with Crippen LogP contribution in [-0.4, -0.2) is 22.4 Å². The Morgan fingerprint density at radius 2 is 1.93 bits per heavy atom. The average molecular weight is 481 g/mol. The number of fused-ring (bicyclic) bond motifs is 1. The van der Waals surface area contributed by atoms with E-state index in [1.807, 2.05) is 46.8 Å². The molecule has 0 aliphatic heterocycles. The minimum atomic E-state index is -1.13. The Morgan fingerprint density at radius 3 is 2.47 bits per heavy atom. The fraction of sp³-hybridized carbons (Fsp3) is 0.565. The van der Waals surface area contributed by atoms with E-state index in [-0.39, 0.29) is 11.5 Å². The maximum atomic E-state index is 13.5. The normalized spacial score (nSPS) is 12.9. The SMILES string of the molecule is CCCCOc1c(C(NC(=O)O)C(C)(C)C)n(CC(C)C)c(=O)c2ccc(Br)cc12. The molecule has 2 N–H and O–H groups in total. The van der Waals surface area contributed by atoms with Crippen LogP contribution in [0, 0.1) is 11.3 Å². The first-order chi connectivity index (χ1) is 14.0. The molecule has 30 heavy (non-hydrogen) atoms. The Morgan fingerprint density at radius 1 is 1.27 bits per heavy atom. The van der Waals surface area contributed by atoms with Gasteiger partial charge in [-0.05, 0) is 36.0 Å². The number of rotatable bonds is 8. The fourth-order valence-electron chi connectivity index (χ4n) is 3.53. The van der Waals surface area contributed by atoms with Gasteiger partial charge in [0.1, 0.15) is 5.75 Å². The number of benzene rings is 1. The van der Waals surface area contributed by atoms with Crippen molar-refractivity contribution in [1.82, 2.24) is 9.88 Å². The summed E-state index contributed by atoms with van der Waals surface area (Å²) in [5.41, 5.74) is -0.0256. The van der Waals surface area contributed by atoms with E-state index in [4.69, 9.17) is 4.74 Å². The number of hydrogen-bond acceptors (Lipinski definition) is 3. The van der Waals surface area contributed by atoms with Gasteiger partial charge in [0.15, 0.2) is 0 Å². The van der Waals surface area contributed by atoms with Crippen LogP contribution in [0.1, 0.15) is 66.1 Å². The molecule has 6 nitrogen and oxygen atoms in total. The third-order valence-electron chi connectivity index (χ3n) is 4.92. The molecule has 0 radical (unpaired) electrons. The van der Waals surface area contributed by atoms with Gasteiger partial charge < -0.3 is 19.7 Å². The maximum Gasteiger partial charge on any atom is 0.405 e. The lowest BCUT2D eigenvalue weighted by atomic mass is 9.83. The van der Waals surface area contributed by atoms with Crippen molar-refractivity contribution < 1.29 is 14.6 Å². The highest BCUT2D eigenvalue weighted by atomic mass is 79.9. The smallest absolute Gasteiger partial charge is 0.405 e. The lowest BCUT2D eigenvalue weighted by Crippen LogP contribution is -2.40. The van der Waals surface area contributed by atoms with Crippen LogP contribution in [0.25, 0.3) is 10.8 Å². The van der Waals surface area contributed by atoms with E-state index in [0.717, 1.165) is 17.3 Å². The van der Waals surface area contributed by atoms with E-state index >= 15 is 0 Å². The van der Waals surface area contributed by atoms with Crippen LogP contribution in [0.3, 0.4) is 0 Å². The van der Waals surface area contributed by atoms with Gasteiger partial charge in [0.2, 0.25) is 0 Å². The Bertz CT molecular complexity index is 960. The summed E-state index contributed by atoms with van der Waals surface area (Å²) in [6.07, 6.45) is 0.705. The fourth-order valence-corrected chi connectivity index (χ4v) is 3.89. The second-order valence-corrected chi connectivity index (χ2v) is 10.1. The molecule has 0 fully saturated rings. The summed E-state index contributed by atoms with van der Waals surface area (Å²) in [6, 6.07) is 4.89. The second kappa shape index (κ2) is 9.86. The number of ether oxygens (including phenoxy) is 1. The van der Waals surface area contributed by atoms with Crippen molar-refractivity contribution in [2.45, 2.75) is 67.0 Å². The van der Waals surface area contributed by atoms with Gasteiger partial charge in [0, 0.05) is 16.4 Å². The summed E-state index contributed by atoms with van der Waals surface area (Å²) in [7, 11) is 0. The van der Waals surface area contributed by atoms with Gasteiger partial charge in [-0.3, -0.25) is 4.79 Å². The minimum absolute atomic E-state index is 0.134. The molecular formula is C23H33BrN2O4. The minimum Gasteiger partial charge on any atom is -0.491 e. The standard InChI is InChI=1S/C23H33BrN2O4/c1-7-8-11-30-19-17-12-15(24)9-10-16(17)21(27)26(13-14(2)3)18(19)20(23(4,5)6)25-22(28)29/h9-10,12,14,20,25H,7-8,11,13H2,1-6H3,(H,28,29). The molecule has 2 aromatic rings. The summed E-state index contributed by atoms with van der Waals surface area (Å²) in [4.78, 5) is 25.2. The molecule has 0 aliphatic carbocycles. The van der Waals surface area contributed by atoms with Gasteiger partial charge in [-0.25, -0.2) is 4.79 Å². The number of nitrogens with zero attached hydrogens (tertiary/aromatic N) is 1. The number of carboxylic acid groups (broad SMARTS) is 1. The Hall–Kier alpha value is -2.02. The summed E-state index contributed by atoms with van der Waals surface area (Å²) >= 11 is 3.50. The summed E-state index contributed by atoms with van der Waals surface area (Å²) in [6.45, 7) is 13.0. The van der Waals surface area contributed by atoms with Crippen LogP contribution >= 0.6 is 15.9 Å². The zero-order chi connectivity index (χ0) is 22.6. The monoisotopic (exact) mass is 480 g/mol. The molecule has 1 amide bonds. The molecule has 0 aliphatic rings. The van der Waals surface area contributed by atoms with Crippen LogP contribution in [0.4, 0.5) is 4.79 Å². The summed E-state index contributed by atoms with van der Waals surface area (Å²) in [5.74, 6) is 0.775. The molecule has 0 saturated carbocycles. The number of unbranched alkanes of at least 4 members (excludes halogenated alkanes) is 1. The molecule has 1 unspecified atom stereocenters. The largest absolute Gasteiger partial charge is 0.491 e. The van der Waals surface area contributed by atoms with Crippen LogP contribution < -0.4 is 15.6 Å². The molecule has 1 atom stereocenters. The van der Waals surface area contributed by atoms with Crippen LogP contribution in [0.2, 0.25) is 0 Å². The highest BCUT2D eigenvalue weighted by molar-refractivity contribution is 9.10. The maximum absolute atomic E-state index is 13.5. The van der Waals surface area contributed by atoms with Gasteiger partial charge in [0.05, 0.1) is 23.7 Å². The highest BCUT2D eigenvalue weighted by Crippen LogP contribution is 2.41. The van der Waals surface area contributed by atoms with Crippen LogP contribution in [0.5, 0.6) is 5.75 Å². The quantitative estimate of drug-likeness (QED) is 0.457. The van der Waals surface area contributed by atoms with Crippen molar-refractivity contribution in [1.29, 1.82) is 0 Å². The Kier molecular flexibility index (Phi) is 7.97. The van der Waals surface area contributed by atoms with Crippen molar-refractivity contribution in [2.24, 2.45) is 11.3 Å². The van der Waals surface area contributed by atoms with E-state index in [1.165, 1.54) is 0 Å². The van der Waals surface area contributed by atoms with E-state index < -0.39 is 17.6 Å². The summed E-state index contributed by atoms with van der Waals surface area (Å²) in [5, 5.41) is 13.5. The third-order valence-corrected chi connectivity index (χ3v) is 5.42. The molecule has 0 saturated heterocycles. The molecule has 1 aromatic carbocycles. The van der Waals surface area contributed by atoms with Crippen LogP contribution in [-0.2, 0) is 6.54 Å². The highest BCUT2D eigenvalue weighted by Gasteiger charge is 2.35. The number of amides is 1. The van der Waals surface area contributed by atoms with Gasteiger partial charge >= 0.3 is 6.09 Å². The number of nitrogens with one attached hydrogen (secondary N) is 1. The van der Waals surface area contributed by atoms with E-state index in [9.17, 15) is 14.7 Å². The lowest BCUT2D eigenvalue weighted by Gasteiger charge is -2.34. The average Bonchev–Trinajstić information content (AvgIpc) is 2.62. The molecule has 7 heteroatoms. The third kappa shape index (κ3) is 5.56. The first kappa shape index (κ1) is 24.3. The first-order valence-corrected chi connectivity index (χ1v) is 11.2. The molecule has 1 heterocycles. The van der Waals surface area contributed by atoms with E-state index in [0.29, 0.717) is 35.4 Å². The second-order valence-electron chi connectivity index (χ2n) is 9.16. The number of pyridine rings is 1. The van der Waals surface area contributed by atoms with Gasteiger partial charge in [0.25, 0.3) is 5.56 Å². The lowest BCUT2D eigenvalue weighted by molar-refractivity contribution is 0.170. The van der Waals surface area contributed by atoms with Crippen molar-refractivity contribution in [3.05, 3.63) is 38.7 Å². The topological polar surface area (TPSA) is 80.6 Å². The van der Waals surface area contributed by atoms with Crippen molar-refractivity contribution >= 4 is 32.8 Å². The molecular weight excluding hydrogens is 448 g/mol. The predicted octanol–water partition coefficient (Wildman–Crippen LogP) is 5.95. The summed E-state index contributed by atoms with van der Waals surface area (Å²) < 4.78 is 8.80.